The monoisotopic (exact) mass is 1220 g/mol. The summed E-state index contributed by atoms with van der Waals surface area (Å²) in [5.74, 6) is 0. The van der Waals surface area contributed by atoms with Crippen molar-refractivity contribution in [1.29, 1.82) is 0 Å². The molecule has 2 aliphatic rings. The molecule has 0 saturated carbocycles. The van der Waals surface area contributed by atoms with Gasteiger partial charge in [0.05, 0.1) is 63.4 Å². The molecule has 0 fully saturated rings. The minimum Gasteiger partial charge on any atom is -0.465 e. The molecule has 2 heterocycles. The Morgan fingerprint density at radius 3 is 1.12 bits per heavy atom. The van der Waals surface area contributed by atoms with Crippen molar-refractivity contribution in [2.75, 3.05) is 16.4 Å². The van der Waals surface area contributed by atoms with E-state index in [9.17, 15) is 103 Å². The van der Waals surface area contributed by atoms with Crippen molar-refractivity contribution in [3.8, 4) is 0 Å². The minimum absolute atomic E-state index is 0.0647. The van der Waals surface area contributed by atoms with Crippen LogP contribution in [0.1, 0.15) is 143 Å². The van der Waals surface area contributed by atoms with Gasteiger partial charge in [-0.15, -0.1) is 0 Å². The number of urea groups is 1. The number of benzene rings is 4. The molecule has 0 aliphatic carbocycles. The number of nitrogens with zero attached hydrogens (tertiary/aromatic N) is 4. The highest BCUT2D eigenvalue weighted by molar-refractivity contribution is 6.62. The van der Waals surface area contributed by atoms with Crippen LogP contribution in [0.4, 0.5) is 110 Å². The van der Waals surface area contributed by atoms with Gasteiger partial charge in [0.1, 0.15) is 0 Å². The molecule has 3 N–H and O–H groups in total. The standard InChI is InChI=1S/C24H20ClF9N2O3.C22H18F9N3O3.3C2H6/c1-3-39-21(38)36-12(2)6-19(17-10-14(22(26,27)28)4-5-18(17)36)35(20(25)37)11-13-7-15(23(29,30)31)9-16(8-13)24(32,33)34;1-10-4-17(15-8-12(20(23,24)25)2-3-16(15)34(10)19(36)37)33(18(32)35)9-11-5-13(21(26,27)28)7-14(6-11)22(29,30)31;3*1-2/h4-5,7-10,12,19H,3,6,11H2,1-2H3;2-3,5-8,10,17H,4,9H2,1H3,(H2,32,35)(H,36,37);3*1-2H3. The number of halogens is 19. The fourth-order valence-electron chi connectivity index (χ4n) is 8.62. The van der Waals surface area contributed by atoms with E-state index in [0.29, 0.717) is 58.3 Å². The van der Waals surface area contributed by atoms with Crippen LogP contribution in [0.3, 0.4) is 0 Å². The van der Waals surface area contributed by atoms with Crippen molar-refractivity contribution < 1.29 is 108 Å². The number of carbonyl (C=O) groups excluding carboxylic acids is 3. The molecule has 2 aliphatic heterocycles. The van der Waals surface area contributed by atoms with E-state index in [-0.39, 0.29) is 54.1 Å². The van der Waals surface area contributed by atoms with Gasteiger partial charge in [-0.2, -0.15) is 79.0 Å². The molecule has 0 spiro atoms. The van der Waals surface area contributed by atoms with Gasteiger partial charge in [-0.1, -0.05) is 41.5 Å². The Kier molecular flexibility index (Phi) is 24.3. The third-order valence-electron chi connectivity index (χ3n) is 11.9. The van der Waals surface area contributed by atoms with Gasteiger partial charge in [-0.25, -0.2) is 14.4 Å². The number of anilines is 2. The topological polar surface area (TPSA) is 137 Å². The van der Waals surface area contributed by atoms with E-state index in [0.717, 1.165) is 21.9 Å². The predicted molar refractivity (Wildman–Crippen MR) is 265 cm³/mol. The van der Waals surface area contributed by atoms with Crippen LogP contribution in [0.2, 0.25) is 0 Å². The molecule has 30 heteroatoms. The maximum atomic E-state index is 13.5. The summed E-state index contributed by atoms with van der Waals surface area (Å²) in [5, 5.41) is 8.21. The van der Waals surface area contributed by atoms with Crippen molar-refractivity contribution in [2.45, 2.75) is 149 Å². The Morgan fingerprint density at radius 2 is 0.829 bits per heavy atom. The first-order valence-corrected chi connectivity index (χ1v) is 25.0. The second-order valence-corrected chi connectivity index (χ2v) is 17.5. The van der Waals surface area contributed by atoms with Crippen LogP contribution in [-0.4, -0.2) is 57.2 Å². The zero-order valence-corrected chi connectivity index (χ0v) is 45.6. The molecular weight excluding hydrogens is 1170 g/mol. The molecule has 0 radical (unpaired) electrons. The summed E-state index contributed by atoms with van der Waals surface area (Å²) in [4.78, 5) is 52.2. The number of hydrogen-bond donors (Lipinski definition) is 2. The van der Waals surface area contributed by atoms with Gasteiger partial charge in [0, 0.05) is 25.2 Å². The highest BCUT2D eigenvalue weighted by Crippen LogP contribution is 2.47. The Bertz CT molecular complexity index is 2770. The molecular formula is C52H56ClF18N5O6. The fraction of sp³-hybridized carbons (Fsp3) is 0.462. The Labute approximate surface area is 463 Å². The summed E-state index contributed by atoms with van der Waals surface area (Å²) in [6.45, 7) is 14.5. The Hall–Kier alpha value is -6.81. The van der Waals surface area contributed by atoms with E-state index in [2.05, 4.69) is 0 Å². The smallest absolute Gasteiger partial charge is 0.416 e. The molecule has 0 aromatic heterocycles. The van der Waals surface area contributed by atoms with Crippen LogP contribution in [0.15, 0.2) is 72.8 Å². The van der Waals surface area contributed by atoms with E-state index in [1.54, 1.807) is 0 Å². The Balaban J connectivity index is 0.000000514. The normalized spacial score (nSPS) is 17.1. The maximum absolute atomic E-state index is 13.5. The lowest BCUT2D eigenvalue weighted by molar-refractivity contribution is -0.144. The molecule has 0 saturated heterocycles. The summed E-state index contributed by atoms with van der Waals surface area (Å²) in [6, 6.07) is -0.181. The second-order valence-electron chi connectivity index (χ2n) is 17.1. The zero-order chi connectivity index (χ0) is 63.6. The van der Waals surface area contributed by atoms with Crippen molar-refractivity contribution in [1.82, 2.24) is 9.80 Å². The molecule has 0 bridgehead atoms. The van der Waals surface area contributed by atoms with Gasteiger partial charge in [0.15, 0.2) is 0 Å². The third kappa shape index (κ3) is 17.8. The lowest BCUT2D eigenvalue weighted by Gasteiger charge is -2.42. The molecule has 4 unspecified atom stereocenters. The Morgan fingerprint density at radius 1 is 0.524 bits per heavy atom. The van der Waals surface area contributed by atoms with E-state index in [1.165, 1.54) is 20.8 Å². The third-order valence-corrected chi connectivity index (χ3v) is 12.1. The number of ether oxygens (including phenoxy) is 1. The van der Waals surface area contributed by atoms with Gasteiger partial charge in [-0.05, 0) is 140 Å². The second kappa shape index (κ2) is 28.0. The first-order valence-electron chi connectivity index (χ1n) is 24.6. The van der Waals surface area contributed by atoms with Crippen LogP contribution in [-0.2, 0) is 54.9 Å². The van der Waals surface area contributed by atoms with Crippen LogP contribution in [0.5, 0.6) is 0 Å². The number of nitrogens with two attached hydrogens (primary N) is 1. The number of amides is 5. The van der Waals surface area contributed by atoms with Gasteiger partial charge >= 0.3 is 60.6 Å². The highest BCUT2D eigenvalue weighted by atomic mass is 35.5. The molecule has 4 aromatic carbocycles. The van der Waals surface area contributed by atoms with Crippen molar-refractivity contribution >= 4 is 46.6 Å². The molecule has 11 nitrogen and oxygen atoms in total. The molecule has 82 heavy (non-hydrogen) atoms. The number of carboxylic acid groups (broad SMARTS) is 1. The van der Waals surface area contributed by atoms with Crippen LogP contribution >= 0.6 is 11.6 Å². The van der Waals surface area contributed by atoms with Crippen LogP contribution in [0, 0.1) is 0 Å². The molecule has 458 valence electrons. The SMILES string of the molecule is CC.CC.CC.CC1CC(N(Cc2cc(C(F)(F)F)cc(C(F)(F)F)c2)C(N)=O)c2cc(C(F)(F)F)ccc2N1C(=O)O.CCOC(=O)N1c2ccc(C(F)(F)F)cc2C(N(Cc2cc(C(F)(F)F)cc(C(F)(F)F)c2)C(=O)Cl)CC1C. The summed E-state index contributed by atoms with van der Waals surface area (Å²) in [6.07, 6.45) is -33.4. The van der Waals surface area contributed by atoms with Crippen LogP contribution < -0.4 is 15.5 Å². The quantitative estimate of drug-likeness (QED) is 0.107. The van der Waals surface area contributed by atoms with Gasteiger partial charge < -0.3 is 25.4 Å². The largest absolute Gasteiger partial charge is 0.465 e. The summed E-state index contributed by atoms with van der Waals surface area (Å²) >= 11 is 5.69. The first kappa shape index (κ1) is 71.3. The number of alkyl halides is 18. The summed E-state index contributed by atoms with van der Waals surface area (Å²) < 4.78 is 245. The lowest BCUT2D eigenvalue weighted by atomic mass is 9.89. The highest BCUT2D eigenvalue weighted by Gasteiger charge is 2.45. The van der Waals surface area contributed by atoms with E-state index in [4.69, 9.17) is 22.1 Å². The summed E-state index contributed by atoms with van der Waals surface area (Å²) in [7, 11) is 0. The molecule has 6 rings (SSSR count). The van der Waals surface area contributed by atoms with E-state index in [1.807, 2.05) is 41.5 Å². The average molecular weight is 1220 g/mol. The van der Waals surface area contributed by atoms with Gasteiger partial charge in [0.2, 0.25) is 0 Å². The summed E-state index contributed by atoms with van der Waals surface area (Å²) in [5.41, 5.74) is -5.75. The van der Waals surface area contributed by atoms with Gasteiger partial charge in [-0.3, -0.25) is 14.6 Å². The number of rotatable bonds is 7. The van der Waals surface area contributed by atoms with Crippen LogP contribution in [0.25, 0.3) is 0 Å². The molecule has 5 amide bonds. The van der Waals surface area contributed by atoms with E-state index < -0.39 is 142 Å². The first-order chi connectivity index (χ1) is 37.6. The maximum Gasteiger partial charge on any atom is 0.416 e. The van der Waals surface area contributed by atoms with E-state index >= 15 is 0 Å². The predicted octanol–water partition coefficient (Wildman–Crippen LogP) is 18.1. The molecule has 4 atom stereocenters. The van der Waals surface area contributed by atoms with Crippen molar-refractivity contribution in [3.63, 3.8) is 0 Å². The molecule has 4 aromatic rings. The number of carbonyl (C=O) groups is 4. The number of fused-ring (bicyclic) bond motifs is 2. The van der Waals surface area contributed by atoms with Gasteiger partial charge in [0.25, 0.3) is 0 Å². The number of hydrogen-bond acceptors (Lipinski definition) is 5. The number of primary amides is 1. The fourth-order valence-corrected chi connectivity index (χ4v) is 8.80. The zero-order valence-electron chi connectivity index (χ0n) is 44.8. The average Bonchev–Trinajstić information content (AvgIpc) is 3.39. The minimum atomic E-state index is -5.18. The van der Waals surface area contributed by atoms with Crippen molar-refractivity contribution in [2.24, 2.45) is 5.73 Å². The lowest BCUT2D eigenvalue weighted by Crippen LogP contribution is -2.48. The van der Waals surface area contributed by atoms with Crippen molar-refractivity contribution in [3.05, 3.63) is 128 Å².